The Labute approximate surface area is 170 Å². The fourth-order valence-electron chi connectivity index (χ4n) is 1.99. The molecule has 0 atom stereocenters. The molecule has 0 saturated carbocycles. The van der Waals surface area contributed by atoms with Crippen molar-refractivity contribution in [1.29, 1.82) is 0 Å². The number of nitrogens with zero attached hydrogens (tertiary/aromatic N) is 2. The summed E-state index contributed by atoms with van der Waals surface area (Å²) in [6.45, 7) is 3.21. The second kappa shape index (κ2) is 10.7. The summed E-state index contributed by atoms with van der Waals surface area (Å²) in [4.78, 5) is 7.91. The van der Waals surface area contributed by atoms with Crippen LogP contribution in [0.3, 0.4) is 0 Å². The molecule has 0 bridgehead atoms. The molecule has 0 unspecified atom stereocenters. The van der Waals surface area contributed by atoms with Crippen molar-refractivity contribution in [2.75, 3.05) is 13.1 Å². The van der Waals surface area contributed by atoms with Crippen LogP contribution in [0.1, 0.15) is 23.2 Å². The summed E-state index contributed by atoms with van der Waals surface area (Å²) in [5.74, 6) is 0.189. The zero-order chi connectivity index (χ0) is 18.3. The van der Waals surface area contributed by atoms with E-state index in [0.29, 0.717) is 37.0 Å². The third-order valence-corrected chi connectivity index (χ3v) is 4.04. The number of nitrogens with one attached hydrogen (secondary N) is 2. The minimum absolute atomic E-state index is 0. The smallest absolute Gasteiger partial charge is 0.357 e. The molecular weight excluding hydrogens is 483 g/mol. The number of aromatic nitrogens is 1. The summed E-state index contributed by atoms with van der Waals surface area (Å²) in [6, 6.07) is 6.15. The number of aliphatic imine (C=N–C) groups is 1. The fraction of sp³-hybridized carbons (Fsp3) is 0.375. The van der Waals surface area contributed by atoms with Gasteiger partial charge in [0.2, 0.25) is 0 Å². The largest absolute Gasteiger partial charge is 0.434 e. The average Bonchev–Trinajstić information content (AvgIpc) is 3.02. The maximum Gasteiger partial charge on any atom is 0.434 e. The quantitative estimate of drug-likeness (QED) is 0.269. The first-order chi connectivity index (χ1) is 11.9. The standard InChI is InChI=1S/C16H18F4N4S.HI/c1-2-21-15(23-9-11-4-3-5-12(17)8-11)22-7-6-14-24-13(10-25-14)16(18,19)20;/h3-5,8,10H,2,6-7,9H2,1H3,(H2,21,22,23);1H. The molecule has 0 fully saturated rings. The number of guanidine groups is 1. The summed E-state index contributed by atoms with van der Waals surface area (Å²) in [6.07, 6.45) is -4.06. The van der Waals surface area contributed by atoms with Crippen LogP contribution in [-0.4, -0.2) is 24.0 Å². The summed E-state index contributed by atoms with van der Waals surface area (Å²) in [5, 5.41) is 7.48. The van der Waals surface area contributed by atoms with Crippen LogP contribution in [0.2, 0.25) is 0 Å². The zero-order valence-electron chi connectivity index (χ0n) is 13.9. The van der Waals surface area contributed by atoms with Gasteiger partial charge in [-0.3, -0.25) is 0 Å². The highest BCUT2D eigenvalue weighted by Crippen LogP contribution is 2.29. The molecule has 26 heavy (non-hydrogen) atoms. The summed E-state index contributed by atoms with van der Waals surface area (Å²) in [7, 11) is 0. The third kappa shape index (κ3) is 7.44. The monoisotopic (exact) mass is 502 g/mol. The molecule has 1 aromatic carbocycles. The first-order valence-corrected chi connectivity index (χ1v) is 8.54. The van der Waals surface area contributed by atoms with E-state index < -0.39 is 11.9 Å². The number of benzene rings is 1. The normalized spacial score (nSPS) is 11.8. The predicted octanol–water partition coefficient (Wildman–Crippen LogP) is 4.22. The predicted molar refractivity (Wildman–Crippen MR) is 105 cm³/mol. The maximum absolute atomic E-state index is 13.2. The molecule has 0 aliphatic rings. The van der Waals surface area contributed by atoms with Crippen LogP contribution in [0.15, 0.2) is 34.6 Å². The molecule has 0 saturated heterocycles. The van der Waals surface area contributed by atoms with Crippen molar-refractivity contribution in [3.63, 3.8) is 0 Å². The highest BCUT2D eigenvalue weighted by molar-refractivity contribution is 14.0. The second-order valence-corrected chi connectivity index (χ2v) is 6.07. The number of halogens is 5. The van der Waals surface area contributed by atoms with E-state index in [4.69, 9.17) is 0 Å². The van der Waals surface area contributed by atoms with E-state index in [0.717, 1.165) is 22.3 Å². The number of thiazole rings is 1. The highest BCUT2D eigenvalue weighted by Gasteiger charge is 2.33. The SMILES string of the molecule is CCNC(=NCc1cccc(F)c1)NCCc1nc(C(F)(F)F)cs1.I. The Kier molecular flexibility index (Phi) is 9.27. The topological polar surface area (TPSA) is 49.3 Å². The van der Waals surface area contributed by atoms with Crippen molar-refractivity contribution in [3.05, 3.63) is 51.7 Å². The van der Waals surface area contributed by atoms with Gasteiger partial charge in [-0.15, -0.1) is 35.3 Å². The first-order valence-electron chi connectivity index (χ1n) is 7.66. The van der Waals surface area contributed by atoms with Gasteiger partial charge in [-0.05, 0) is 24.6 Å². The molecule has 1 aromatic heterocycles. The van der Waals surface area contributed by atoms with Gasteiger partial charge < -0.3 is 10.6 Å². The van der Waals surface area contributed by atoms with Crippen LogP contribution in [0, 0.1) is 5.82 Å². The van der Waals surface area contributed by atoms with E-state index in [1.165, 1.54) is 12.1 Å². The van der Waals surface area contributed by atoms with Gasteiger partial charge in [0.15, 0.2) is 11.7 Å². The molecule has 0 amide bonds. The van der Waals surface area contributed by atoms with Crippen molar-refractivity contribution in [1.82, 2.24) is 15.6 Å². The van der Waals surface area contributed by atoms with Crippen LogP contribution in [0.4, 0.5) is 17.6 Å². The molecule has 0 radical (unpaired) electrons. The van der Waals surface area contributed by atoms with Crippen molar-refractivity contribution in [2.24, 2.45) is 4.99 Å². The molecule has 0 spiro atoms. The Morgan fingerprint density at radius 2 is 2.04 bits per heavy atom. The minimum atomic E-state index is -4.41. The van der Waals surface area contributed by atoms with Crippen molar-refractivity contribution >= 4 is 41.3 Å². The van der Waals surface area contributed by atoms with Crippen molar-refractivity contribution < 1.29 is 17.6 Å². The Hall–Kier alpha value is -1.43. The fourth-order valence-corrected chi connectivity index (χ4v) is 2.80. The lowest BCUT2D eigenvalue weighted by Gasteiger charge is -2.10. The molecule has 2 N–H and O–H groups in total. The van der Waals surface area contributed by atoms with Gasteiger partial charge >= 0.3 is 6.18 Å². The van der Waals surface area contributed by atoms with Gasteiger partial charge in [0, 0.05) is 24.9 Å². The maximum atomic E-state index is 13.2. The second-order valence-electron chi connectivity index (χ2n) is 5.13. The van der Waals surface area contributed by atoms with Crippen LogP contribution < -0.4 is 10.6 Å². The molecular formula is C16H19F4IN4S. The molecule has 4 nitrogen and oxygen atoms in total. The van der Waals surface area contributed by atoms with E-state index in [1.54, 1.807) is 12.1 Å². The van der Waals surface area contributed by atoms with E-state index in [-0.39, 0.29) is 29.8 Å². The van der Waals surface area contributed by atoms with Crippen LogP contribution in [0.25, 0.3) is 0 Å². The van der Waals surface area contributed by atoms with Crippen LogP contribution in [-0.2, 0) is 19.1 Å². The summed E-state index contributed by atoms with van der Waals surface area (Å²) < 4.78 is 50.7. The van der Waals surface area contributed by atoms with E-state index in [1.807, 2.05) is 6.92 Å². The van der Waals surface area contributed by atoms with Gasteiger partial charge in [-0.2, -0.15) is 13.2 Å². The van der Waals surface area contributed by atoms with E-state index in [2.05, 4.69) is 20.6 Å². The summed E-state index contributed by atoms with van der Waals surface area (Å²) in [5.41, 5.74) is -0.133. The van der Waals surface area contributed by atoms with Crippen molar-refractivity contribution in [2.45, 2.75) is 26.1 Å². The van der Waals surface area contributed by atoms with E-state index in [9.17, 15) is 17.6 Å². The zero-order valence-corrected chi connectivity index (χ0v) is 17.1. The number of hydrogen-bond donors (Lipinski definition) is 2. The van der Waals surface area contributed by atoms with Crippen molar-refractivity contribution in [3.8, 4) is 0 Å². The van der Waals surface area contributed by atoms with Gasteiger partial charge in [0.05, 0.1) is 11.6 Å². The lowest BCUT2D eigenvalue weighted by Crippen LogP contribution is -2.38. The molecule has 2 aromatic rings. The van der Waals surface area contributed by atoms with E-state index >= 15 is 0 Å². The number of alkyl halides is 3. The lowest BCUT2D eigenvalue weighted by atomic mass is 10.2. The Balaban J connectivity index is 0.00000338. The highest BCUT2D eigenvalue weighted by atomic mass is 127. The molecule has 1 heterocycles. The van der Waals surface area contributed by atoms with Gasteiger partial charge in [0.25, 0.3) is 0 Å². The molecule has 2 rings (SSSR count). The average molecular weight is 502 g/mol. The Morgan fingerprint density at radius 3 is 2.65 bits per heavy atom. The Morgan fingerprint density at radius 1 is 1.27 bits per heavy atom. The van der Waals surface area contributed by atoms with Gasteiger partial charge in [-0.25, -0.2) is 14.4 Å². The van der Waals surface area contributed by atoms with Crippen LogP contribution >= 0.6 is 35.3 Å². The minimum Gasteiger partial charge on any atom is -0.357 e. The third-order valence-electron chi connectivity index (χ3n) is 3.13. The molecule has 144 valence electrons. The van der Waals surface area contributed by atoms with Crippen LogP contribution in [0.5, 0.6) is 0 Å². The number of rotatable bonds is 6. The molecule has 0 aliphatic heterocycles. The van der Waals surface area contributed by atoms with Gasteiger partial charge in [-0.1, -0.05) is 12.1 Å². The molecule has 10 heteroatoms. The molecule has 0 aliphatic carbocycles. The van der Waals surface area contributed by atoms with Gasteiger partial charge in [0.1, 0.15) is 5.82 Å². The Bertz CT molecular complexity index is 718. The lowest BCUT2D eigenvalue weighted by molar-refractivity contribution is -0.140. The first kappa shape index (κ1) is 22.6. The summed E-state index contributed by atoms with van der Waals surface area (Å²) >= 11 is 0.980. The number of hydrogen-bond acceptors (Lipinski definition) is 3.